The van der Waals surface area contributed by atoms with Gasteiger partial charge in [-0.25, -0.2) is 0 Å². The number of carboxylic acid groups (broad SMARTS) is 1. The largest absolute Gasteiger partial charge is 0.493 e. The maximum absolute atomic E-state index is 10.7. The van der Waals surface area contributed by atoms with E-state index in [0.717, 1.165) is 45.1 Å². The van der Waals surface area contributed by atoms with Gasteiger partial charge in [0.25, 0.3) is 0 Å². The van der Waals surface area contributed by atoms with Crippen LogP contribution in [0.15, 0.2) is 30.4 Å². The molecule has 1 aliphatic heterocycles. The van der Waals surface area contributed by atoms with Crippen molar-refractivity contribution in [1.82, 2.24) is 0 Å². The Hall–Kier alpha value is -1.31. The third kappa shape index (κ3) is 8.45. The van der Waals surface area contributed by atoms with Crippen LogP contribution in [-0.4, -0.2) is 47.2 Å². The molecule has 1 saturated carbocycles. The molecule has 8 heteroatoms. The molecule has 0 amide bonds. The summed E-state index contributed by atoms with van der Waals surface area (Å²) in [7, 11) is 0. The molecule has 2 fully saturated rings. The maximum atomic E-state index is 10.7. The van der Waals surface area contributed by atoms with Crippen molar-refractivity contribution in [3.05, 3.63) is 40.9 Å². The monoisotopic (exact) mass is 500 g/mol. The average Bonchev–Trinajstić information content (AvgIpc) is 3.08. The lowest BCUT2D eigenvalue weighted by Gasteiger charge is -2.30. The van der Waals surface area contributed by atoms with Crippen molar-refractivity contribution in [2.45, 2.75) is 75.7 Å². The minimum atomic E-state index is -0.771. The molecule has 1 saturated heterocycles. The third-order valence-electron chi connectivity index (χ3n) is 6.31. The van der Waals surface area contributed by atoms with E-state index in [4.69, 9.17) is 42.5 Å². The number of rotatable bonds is 12. The average molecular weight is 501 g/mol. The number of aliphatic hydroxyl groups excluding tert-OH is 1. The van der Waals surface area contributed by atoms with E-state index < -0.39 is 5.97 Å². The summed E-state index contributed by atoms with van der Waals surface area (Å²) in [6, 6.07) is 5.24. The molecule has 1 unspecified atom stereocenters. The number of carboxylic acids is 1. The molecule has 0 radical (unpaired) electrons. The van der Waals surface area contributed by atoms with Crippen LogP contribution in [0.1, 0.15) is 56.9 Å². The van der Waals surface area contributed by atoms with Gasteiger partial charge in [-0.15, -0.1) is 11.6 Å². The van der Waals surface area contributed by atoms with Gasteiger partial charge in [-0.05, 0) is 74.6 Å². The van der Waals surface area contributed by atoms with Crippen molar-refractivity contribution in [1.29, 1.82) is 0 Å². The summed E-state index contributed by atoms with van der Waals surface area (Å²) in [5.74, 6) is 0.0680. The number of aliphatic carboxylic acids is 1. The summed E-state index contributed by atoms with van der Waals surface area (Å²) >= 11 is 12.9. The van der Waals surface area contributed by atoms with Crippen LogP contribution in [0.2, 0.25) is 5.02 Å². The van der Waals surface area contributed by atoms with Crippen LogP contribution in [0.25, 0.3) is 0 Å². The highest BCUT2D eigenvalue weighted by Crippen LogP contribution is 2.41. The highest BCUT2D eigenvalue weighted by atomic mass is 35.5. The highest BCUT2D eigenvalue weighted by Gasteiger charge is 2.44. The van der Waals surface area contributed by atoms with E-state index in [1.54, 1.807) is 18.2 Å². The van der Waals surface area contributed by atoms with Crippen molar-refractivity contribution >= 4 is 29.2 Å². The fourth-order valence-electron chi connectivity index (χ4n) is 4.57. The number of halogens is 2. The normalized spacial score (nSPS) is 27.8. The number of hydrogen-bond acceptors (Lipinski definition) is 5. The molecule has 2 N–H and O–H groups in total. The van der Waals surface area contributed by atoms with Gasteiger partial charge in [-0.1, -0.05) is 23.8 Å². The molecular formula is C25H34Cl2O6. The summed E-state index contributed by atoms with van der Waals surface area (Å²) in [6.07, 6.45) is 9.94. The van der Waals surface area contributed by atoms with Crippen LogP contribution in [-0.2, 0) is 20.9 Å². The molecule has 0 spiro atoms. The predicted octanol–water partition coefficient (Wildman–Crippen LogP) is 5.57. The van der Waals surface area contributed by atoms with Crippen LogP contribution >= 0.6 is 23.2 Å². The number of ether oxygens (including phenoxy) is 3. The van der Waals surface area contributed by atoms with E-state index in [-0.39, 0.29) is 42.6 Å². The number of hydrogen-bond donors (Lipinski definition) is 2. The highest BCUT2D eigenvalue weighted by molar-refractivity contribution is 6.30. The zero-order valence-electron chi connectivity index (χ0n) is 18.8. The zero-order chi connectivity index (χ0) is 23.6. The van der Waals surface area contributed by atoms with E-state index in [9.17, 15) is 9.90 Å². The summed E-state index contributed by atoms with van der Waals surface area (Å²) in [4.78, 5) is 10.7. The number of allylic oxidation sites excluding steroid dienone is 2. The first-order chi connectivity index (χ1) is 16.0. The standard InChI is InChI=1S/C25H34Cl2O6/c26-18-11-17(15-28)12-19(13-18)32-16-21-20(7-3-1-2-4-8-24(29)30)22(27)14-23(21)33-25-9-5-6-10-31-25/h1,3,11-13,20-23,25,28H,2,4-10,14-16H2,(H,29,30)/b3-1-/t20-,21-,22-,23-,25?/m1/s1. The van der Waals surface area contributed by atoms with Crippen LogP contribution in [0.4, 0.5) is 0 Å². The molecule has 2 aliphatic rings. The Morgan fingerprint density at radius 3 is 2.79 bits per heavy atom. The smallest absolute Gasteiger partial charge is 0.303 e. The van der Waals surface area contributed by atoms with Gasteiger partial charge in [0.15, 0.2) is 6.29 Å². The zero-order valence-corrected chi connectivity index (χ0v) is 20.3. The van der Waals surface area contributed by atoms with Crippen molar-refractivity contribution in [2.75, 3.05) is 13.2 Å². The third-order valence-corrected chi connectivity index (χ3v) is 7.03. The fourth-order valence-corrected chi connectivity index (χ4v) is 5.28. The molecule has 1 aromatic rings. The Labute approximate surface area is 205 Å². The molecule has 1 aromatic carbocycles. The van der Waals surface area contributed by atoms with E-state index in [2.05, 4.69) is 6.08 Å². The SMILES string of the molecule is O=C(O)CCC/C=C\C[C@@H]1[C@@H](COc2cc(Cl)cc(CO)c2)[C@H](OC2CCCCO2)C[C@H]1Cl. The number of aliphatic hydroxyl groups is 1. The second-order valence-electron chi connectivity index (χ2n) is 8.81. The lowest BCUT2D eigenvalue weighted by molar-refractivity contribution is -0.197. The van der Waals surface area contributed by atoms with Gasteiger partial charge in [-0.2, -0.15) is 0 Å². The number of benzene rings is 1. The topological polar surface area (TPSA) is 85.2 Å². The molecule has 6 nitrogen and oxygen atoms in total. The Kier molecular flexibility index (Phi) is 10.8. The summed E-state index contributed by atoms with van der Waals surface area (Å²) < 4.78 is 18.3. The Balaban J connectivity index is 1.64. The summed E-state index contributed by atoms with van der Waals surface area (Å²) in [6.45, 7) is 1.03. The van der Waals surface area contributed by atoms with Gasteiger partial charge in [0.2, 0.25) is 0 Å². The second kappa shape index (κ2) is 13.5. The fraction of sp³-hybridized carbons (Fsp3) is 0.640. The molecule has 1 aliphatic carbocycles. The van der Waals surface area contributed by atoms with E-state index >= 15 is 0 Å². The molecule has 184 valence electrons. The van der Waals surface area contributed by atoms with Crippen molar-refractivity contribution in [2.24, 2.45) is 11.8 Å². The molecule has 1 heterocycles. The number of carbonyl (C=O) groups is 1. The second-order valence-corrected chi connectivity index (χ2v) is 9.80. The molecule has 0 aromatic heterocycles. The van der Waals surface area contributed by atoms with Gasteiger partial charge in [0.1, 0.15) is 5.75 Å². The van der Waals surface area contributed by atoms with Crippen molar-refractivity contribution in [3.63, 3.8) is 0 Å². The van der Waals surface area contributed by atoms with Crippen LogP contribution in [0, 0.1) is 11.8 Å². The van der Waals surface area contributed by atoms with Crippen LogP contribution < -0.4 is 4.74 Å². The molecule has 3 rings (SSSR count). The predicted molar refractivity (Wildman–Crippen MR) is 128 cm³/mol. The van der Waals surface area contributed by atoms with E-state index in [1.165, 1.54) is 0 Å². The molecule has 5 atom stereocenters. The van der Waals surface area contributed by atoms with E-state index in [1.807, 2.05) is 6.08 Å². The minimum Gasteiger partial charge on any atom is -0.493 e. The van der Waals surface area contributed by atoms with Crippen molar-refractivity contribution in [3.8, 4) is 5.75 Å². The summed E-state index contributed by atoms with van der Waals surface area (Å²) in [5.41, 5.74) is 0.698. The van der Waals surface area contributed by atoms with E-state index in [0.29, 0.717) is 29.4 Å². The minimum absolute atomic E-state index is 0.0526. The first-order valence-corrected chi connectivity index (χ1v) is 12.6. The van der Waals surface area contributed by atoms with Gasteiger partial charge < -0.3 is 24.4 Å². The van der Waals surface area contributed by atoms with Crippen molar-refractivity contribution < 1.29 is 29.2 Å². The van der Waals surface area contributed by atoms with Gasteiger partial charge in [0.05, 0.1) is 19.3 Å². The van der Waals surface area contributed by atoms with Gasteiger partial charge in [0, 0.05) is 29.3 Å². The quantitative estimate of drug-likeness (QED) is 0.221. The Morgan fingerprint density at radius 2 is 2.06 bits per heavy atom. The van der Waals surface area contributed by atoms with Crippen LogP contribution in [0.3, 0.4) is 0 Å². The van der Waals surface area contributed by atoms with Gasteiger partial charge >= 0.3 is 5.97 Å². The lowest BCUT2D eigenvalue weighted by atomic mass is 9.91. The Bertz CT molecular complexity index is 780. The first kappa shape index (κ1) is 26.3. The first-order valence-electron chi connectivity index (χ1n) is 11.8. The molecule has 0 bridgehead atoms. The number of unbranched alkanes of at least 4 members (excludes halogenated alkanes) is 1. The lowest BCUT2D eigenvalue weighted by Crippen LogP contribution is -2.34. The maximum Gasteiger partial charge on any atom is 0.303 e. The molecular weight excluding hydrogens is 467 g/mol. The Morgan fingerprint density at radius 1 is 1.21 bits per heavy atom. The van der Waals surface area contributed by atoms with Crippen LogP contribution in [0.5, 0.6) is 5.75 Å². The summed E-state index contributed by atoms with van der Waals surface area (Å²) in [5, 5.41) is 18.7. The number of alkyl halides is 1. The van der Waals surface area contributed by atoms with Gasteiger partial charge in [-0.3, -0.25) is 4.79 Å². The molecule has 33 heavy (non-hydrogen) atoms.